The average molecular weight is 324 g/mol. The second-order valence-electron chi connectivity index (χ2n) is 4.05. The van der Waals surface area contributed by atoms with Crippen LogP contribution in [0.2, 0.25) is 5.02 Å². The Morgan fingerprint density at radius 2 is 1.57 bits per heavy atom. The van der Waals surface area contributed by atoms with E-state index in [4.69, 9.17) is 27.5 Å². The van der Waals surface area contributed by atoms with Gasteiger partial charge in [0.1, 0.15) is 0 Å². The van der Waals surface area contributed by atoms with Crippen LogP contribution in [0.15, 0.2) is 46.2 Å². The molecule has 0 aliphatic rings. The molecule has 0 spiro atoms. The smallest absolute Gasteiger partial charge is 0.337 e. The molecule has 0 aliphatic carbocycles. The van der Waals surface area contributed by atoms with Crippen LogP contribution in [-0.2, 0) is 0 Å². The summed E-state index contributed by atoms with van der Waals surface area (Å²) >= 11 is 7.05. The molecule has 0 aliphatic heterocycles. The van der Waals surface area contributed by atoms with Crippen molar-refractivity contribution in [3.05, 3.63) is 52.5 Å². The number of hydrogen-bond donors (Lipinski definition) is 3. The molecule has 21 heavy (non-hydrogen) atoms. The SMILES string of the molecule is Nc1c(Sc2ccccc2C(=O)O)ccc(C(=O)O)c1Cl. The van der Waals surface area contributed by atoms with Crippen molar-refractivity contribution in [2.24, 2.45) is 0 Å². The largest absolute Gasteiger partial charge is 0.478 e. The third kappa shape index (κ3) is 3.12. The number of anilines is 1. The van der Waals surface area contributed by atoms with Crippen molar-refractivity contribution in [2.75, 3.05) is 5.73 Å². The minimum Gasteiger partial charge on any atom is -0.478 e. The van der Waals surface area contributed by atoms with Gasteiger partial charge in [-0.3, -0.25) is 0 Å². The molecule has 5 nitrogen and oxygen atoms in total. The van der Waals surface area contributed by atoms with Gasteiger partial charge in [0.25, 0.3) is 0 Å². The summed E-state index contributed by atoms with van der Waals surface area (Å²) in [7, 11) is 0. The van der Waals surface area contributed by atoms with Gasteiger partial charge in [-0.2, -0.15) is 0 Å². The minimum atomic E-state index is -1.17. The third-order valence-corrected chi connectivity index (χ3v) is 4.27. The third-order valence-electron chi connectivity index (χ3n) is 2.71. The molecule has 0 radical (unpaired) electrons. The van der Waals surface area contributed by atoms with Crippen molar-refractivity contribution in [1.29, 1.82) is 0 Å². The molecule has 108 valence electrons. The molecule has 2 aromatic rings. The van der Waals surface area contributed by atoms with Gasteiger partial charge < -0.3 is 15.9 Å². The number of nitrogens with two attached hydrogens (primary N) is 1. The molecule has 0 amide bonds. The van der Waals surface area contributed by atoms with Gasteiger partial charge in [0.15, 0.2) is 0 Å². The van der Waals surface area contributed by atoms with Crippen LogP contribution < -0.4 is 5.73 Å². The molecule has 0 saturated heterocycles. The Balaban J connectivity index is 2.44. The standard InChI is InChI=1S/C14H10ClNO4S/c15-11-8(14(19)20)5-6-10(12(11)16)21-9-4-2-1-3-7(9)13(17)18/h1-6H,16H2,(H,17,18)(H,19,20). The van der Waals surface area contributed by atoms with Gasteiger partial charge in [-0.25, -0.2) is 9.59 Å². The fraction of sp³-hybridized carbons (Fsp3) is 0. The van der Waals surface area contributed by atoms with Crippen LogP contribution in [-0.4, -0.2) is 22.2 Å². The van der Waals surface area contributed by atoms with E-state index in [0.29, 0.717) is 9.79 Å². The molecule has 7 heteroatoms. The number of benzene rings is 2. The van der Waals surface area contributed by atoms with Crippen LogP contribution in [0.1, 0.15) is 20.7 Å². The normalized spacial score (nSPS) is 10.3. The second kappa shape index (κ2) is 6.07. The van der Waals surface area contributed by atoms with Gasteiger partial charge in [0.2, 0.25) is 0 Å². The lowest BCUT2D eigenvalue weighted by molar-refractivity contribution is 0.0684. The van der Waals surface area contributed by atoms with Crippen molar-refractivity contribution in [3.63, 3.8) is 0 Å². The predicted molar refractivity (Wildman–Crippen MR) is 80.3 cm³/mol. The molecular formula is C14H10ClNO4S. The molecule has 0 fully saturated rings. The Morgan fingerprint density at radius 3 is 2.19 bits per heavy atom. The first-order valence-electron chi connectivity index (χ1n) is 5.73. The zero-order valence-corrected chi connectivity index (χ0v) is 12.1. The van der Waals surface area contributed by atoms with Crippen LogP contribution in [0.3, 0.4) is 0 Å². The van der Waals surface area contributed by atoms with Gasteiger partial charge in [-0.05, 0) is 24.3 Å². The summed E-state index contributed by atoms with van der Waals surface area (Å²) in [6, 6.07) is 9.30. The Kier molecular flexibility index (Phi) is 4.40. The molecule has 0 atom stereocenters. The van der Waals surface area contributed by atoms with Gasteiger partial charge in [0.05, 0.1) is 21.8 Å². The highest BCUT2D eigenvalue weighted by Gasteiger charge is 2.17. The van der Waals surface area contributed by atoms with Crippen LogP contribution in [0.4, 0.5) is 5.69 Å². The fourth-order valence-electron chi connectivity index (χ4n) is 1.68. The lowest BCUT2D eigenvalue weighted by Crippen LogP contribution is -2.02. The number of nitrogen functional groups attached to an aromatic ring is 1. The Hall–Kier alpha value is -2.18. The second-order valence-corrected chi connectivity index (χ2v) is 5.51. The predicted octanol–water partition coefficient (Wildman–Crippen LogP) is 3.47. The van der Waals surface area contributed by atoms with Gasteiger partial charge >= 0.3 is 11.9 Å². The molecule has 0 heterocycles. The molecule has 2 aromatic carbocycles. The number of carboxylic acid groups (broad SMARTS) is 2. The van der Waals surface area contributed by atoms with E-state index in [2.05, 4.69) is 0 Å². The fourth-order valence-corrected chi connectivity index (χ4v) is 2.98. The van der Waals surface area contributed by atoms with E-state index in [1.807, 2.05) is 0 Å². The quantitative estimate of drug-likeness (QED) is 0.745. The van der Waals surface area contributed by atoms with Gasteiger partial charge in [-0.15, -0.1) is 0 Å². The lowest BCUT2D eigenvalue weighted by Gasteiger charge is -2.10. The molecule has 0 saturated carbocycles. The molecule has 2 rings (SSSR count). The van der Waals surface area contributed by atoms with Crippen molar-refractivity contribution < 1.29 is 19.8 Å². The zero-order valence-electron chi connectivity index (χ0n) is 10.5. The topological polar surface area (TPSA) is 101 Å². The minimum absolute atomic E-state index is 0.0553. The number of hydrogen-bond acceptors (Lipinski definition) is 4. The van der Waals surface area contributed by atoms with E-state index < -0.39 is 11.9 Å². The first-order chi connectivity index (χ1) is 9.91. The van der Waals surface area contributed by atoms with Crippen molar-refractivity contribution in [3.8, 4) is 0 Å². The Labute approximate surface area is 129 Å². The maximum absolute atomic E-state index is 11.2. The highest BCUT2D eigenvalue weighted by Crippen LogP contribution is 2.38. The molecule has 0 bridgehead atoms. The number of aromatic carboxylic acids is 2. The van der Waals surface area contributed by atoms with E-state index >= 15 is 0 Å². The summed E-state index contributed by atoms with van der Waals surface area (Å²) in [5, 5.41) is 18.0. The Morgan fingerprint density at radius 1 is 0.952 bits per heavy atom. The molecular weight excluding hydrogens is 314 g/mol. The maximum atomic E-state index is 11.2. The zero-order chi connectivity index (χ0) is 15.6. The molecule has 0 aromatic heterocycles. The summed E-state index contributed by atoms with van der Waals surface area (Å²) in [5.74, 6) is -2.22. The summed E-state index contributed by atoms with van der Waals surface area (Å²) in [6.07, 6.45) is 0. The first kappa shape index (κ1) is 15.2. The average Bonchev–Trinajstić information content (AvgIpc) is 2.44. The van der Waals surface area contributed by atoms with E-state index in [9.17, 15) is 9.59 Å². The van der Waals surface area contributed by atoms with E-state index in [0.717, 1.165) is 11.8 Å². The maximum Gasteiger partial charge on any atom is 0.337 e. The Bertz CT molecular complexity index is 733. The van der Waals surface area contributed by atoms with Crippen LogP contribution in [0, 0.1) is 0 Å². The lowest BCUT2D eigenvalue weighted by atomic mass is 10.2. The van der Waals surface area contributed by atoms with Crippen LogP contribution in [0.25, 0.3) is 0 Å². The monoisotopic (exact) mass is 323 g/mol. The van der Waals surface area contributed by atoms with Crippen LogP contribution in [0.5, 0.6) is 0 Å². The number of rotatable bonds is 4. The van der Waals surface area contributed by atoms with E-state index in [-0.39, 0.29) is 21.8 Å². The van der Waals surface area contributed by atoms with E-state index in [1.165, 1.54) is 18.2 Å². The summed E-state index contributed by atoms with van der Waals surface area (Å²) < 4.78 is 0. The van der Waals surface area contributed by atoms with Crippen molar-refractivity contribution in [1.82, 2.24) is 0 Å². The molecule has 0 unspecified atom stereocenters. The van der Waals surface area contributed by atoms with E-state index in [1.54, 1.807) is 18.2 Å². The van der Waals surface area contributed by atoms with Gasteiger partial charge in [0, 0.05) is 9.79 Å². The first-order valence-corrected chi connectivity index (χ1v) is 6.92. The van der Waals surface area contributed by atoms with Gasteiger partial charge in [-0.1, -0.05) is 35.5 Å². The summed E-state index contributed by atoms with van der Waals surface area (Å²) in [5.41, 5.74) is 5.99. The van der Waals surface area contributed by atoms with Crippen molar-refractivity contribution in [2.45, 2.75) is 9.79 Å². The van der Waals surface area contributed by atoms with Crippen LogP contribution >= 0.6 is 23.4 Å². The highest BCUT2D eigenvalue weighted by molar-refractivity contribution is 7.99. The van der Waals surface area contributed by atoms with Crippen molar-refractivity contribution >= 4 is 41.0 Å². The number of carbonyl (C=O) groups is 2. The molecule has 4 N–H and O–H groups in total. The summed E-state index contributed by atoms with van der Waals surface area (Å²) in [6.45, 7) is 0. The number of halogens is 1. The number of carboxylic acids is 2. The highest BCUT2D eigenvalue weighted by atomic mass is 35.5. The summed E-state index contributed by atoms with van der Waals surface area (Å²) in [4.78, 5) is 23.1.